The minimum atomic E-state index is -0.843. The molecule has 1 amide bonds. The van der Waals surface area contributed by atoms with E-state index in [2.05, 4.69) is 10.3 Å². The average molecular weight is 331 g/mol. The molecule has 8 heteroatoms. The van der Waals surface area contributed by atoms with Gasteiger partial charge in [0.25, 0.3) is 5.91 Å². The Bertz CT molecular complexity index is 777. The number of nitrogens with one attached hydrogen (secondary N) is 1. The molecule has 3 rings (SSSR count). The van der Waals surface area contributed by atoms with Gasteiger partial charge in [0.1, 0.15) is 18.1 Å². The molecule has 1 aromatic carbocycles. The lowest BCUT2D eigenvalue weighted by Gasteiger charge is -2.14. The van der Waals surface area contributed by atoms with Gasteiger partial charge in [0.2, 0.25) is 0 Å². The maximum absolute atomic E-state index is 12.1. The molecule has 24 heavy (non-hydrogen) atoms. The molecule has 1 aliphatic rings. The highest BCUT2D eigenvalue weighted by molar-refractivity contribution is 6.03. The maximum Gasteiger partial charge on any atom is 0.351 e. The maximum atomic E-state index is 12.1. The molecule has 0 aliphatic carbocycles. The molecule has 1 aliphatic heterocycles. The average Bonchev–Trinajstić information content (AvgIpc) is 2.96. The highest BCUT2D eigenvalue weighted by Crippen LogP contribution is 2.27. The number of rotatable bonds is 4. The number of anilines is 1. The number of nitrogens with zero attached hydrogens (tertiary/aromatic N) is 2. The Balaban J connectivity index is 1.74. The summed E-state index contributed by atoms with van der Waals surface area (Å²) in [6.07, 6.45) is -0.643. The summed E-state index contributed by atoms with van der Waals surface area (Å²) in [4.78, 5) is 28.0. The standard InChI is InChI=1S/C16H17N3O5/c20-9-12-11(21)8-14(24-12)19-7-6-13(18-16(19)23)17-15(22)10-4-2-1-3-5-10/h1-7,11-12,14,20-21H,8-9H2,(H,17,18,22,23)/t11?,12-,14-/m1/s1. The molecule has 0 bridgehead atoms. The summed E-state index contributed by atoms with van der Waals surface area (Å²) in [5.41, 5.74) is -0.159. The zero-order valence-corrected chi connectivity index (χ0v) is 12.7. The van der Waals surface area contributed by atoms with Gasteiger partial charge in [0, 0.05) is 18.2 Å². The van der Waals surface area contributed by atoms with Gasteiger partial charge in [-0.3, -0.25) is 9.36 Å². The monoisotopic (exact) mass is 331 g/mol. The molecule has 3 atom stereocenters. The van der Waals surface area contributed by atoms with Crippen LogP contribution in [0.2, 0.25) is 0 Å². The molecule has 0 radical (unpaired) electrons. The Labute approximate surface area is 137 Å². The summed E-state index contributed by atoms with van der Waals surface area (Å²) in [6, 6.07) is 10.1. The van der Waals surface area contributed by atoms with Crippen LogP contribution in [-0.4, -0.2) is 44.5 Å². The number of carbonyl (C=O) groups excluding carboxylic acids is 1. The zero-order chi connectivity index (χ0) is 17.1. The van der Waals surface area contributed by atoms with E-state index in [1.165, 1.54) is 16.8 Å². The quantitative estimate of drug-likeness (QED) is 0.734. The summed E-state index contributed by atoms with van der Waals surface area (Å²) >= 11 is 0. The third-order valence-electron chi connectivity index (χ3n) is 3.80. The summed E-state index contributed by atoms with van der Waals surface area (Å²) in [6.45, 7) is -0.328. The smallest absolute Gasteiger partial charge is 0.351 e. The Morgan fingerprint density at radius 2 is 2.08 bits per heavy atom. The van der Waals surface area contributed by atoms with Crippen LogP contribution in [0.1, 0.15) is 23.0 Å². The van der Waals surface area contributed by atoms with Gasteiger partial charge in [-0.2, -0.15) is 4.98 Å². The lowest BCUT2D eigenvalue weighted by Crippen LogP contribution is -2.28. The normalized spacial score (nSPS) is 23.2. The van der Waals surface area contributed by atoms with Crippen LogP contribution in [0.5, 0.6) is 0 Å². The molecule has 1 aromatic heterocycles. The van der Waals surface area contributed by atoms with Crippen molar-refractivity contribution >= 4 is 11.7 Å². The molecule has 3 N–H and O–H groups in total. The summed E-state index contributed by atoms with van der Waals surface area (Å²) in [5, 5.41) is 21.4. The molecular weight excluding hydrogens is 314 g/mol. The molecule has 1 fully saturated rings. The van der Waals surface area contributed by atoms with Crippen LogP contribution in [0.25, 0.3) is 0 Å². The topological polar surface area (TPSA) is 114 Å². The van der Waals surface area contributed by atoms with Crippen LogP contribution in [-0.2, 0) is 4.74 Å². The largest absolute Gasteiger partial charge is 0.394 e. The SMILES string of the molecule is O=C(Nc1ccn([C@H]2CC(O)[C@@H](CO)O2)c(=O)n1)c1ccccc1. The van der Waals surface area contributed by atoms with Crippen molar-refractivity contribution in [3.05, 3.63) is 58.6 Å². The van der Waals surface area contributed by atoms with Crippen LogP contribution >= 0.6 is 0 Å². The van der Waals surface area contributed by atoms with Crippen molar-refractivity contribution in [1.82, 2.24) is 9.55 Å². The van der Waals surface area contributed by atoms with E-state index in [0.717, 1.165) is 0 Å². The van der Waals surface area contributed by atoms with Gasteiger partial charge in [0.05, 0.1) is 12.7 Å². The van der Waals surface area contributed by atoms with Crippen molar-refractivity contribution < 1.29 is 19.7 Å². The van der Waals surface area contributed by atoms with E-state index in [-0.39, 0.29) is 24.8 Å². The third kappa shape index (κ3) is 3.35. The molecule has 1 unspecified atom stereocenters. The van der Waals surface area contributed by atoms with Crippen LogP contribution in [0.3, 0.4) is 0 Å². The Hall–Kier alpha value is -2.55. The summed E-state index contributed by atoms with van der Waals surface area (Å²) in [5.74, 6) is -0.240. The van der Waals surface area contributed by atoms with E-state index >= 15 is 0 Å². The first-order valence-corrected chi connectivity index (χ1v) is 7.48. The number of aliphatic hydroxyl groups is 2. The van der Waals surface area contributed by atoms with Crippen LogP contribution < -0.4 is 11.0 Å². The van der Waals surface area contributed by atoms with E-state index in [0.29, 0.717) is 5.56 Å². The predicted octanol–water partition coefficient (Wildman–Crippen LogP) is 0.136. The second-order valence-electron chi connectivity index (χ2n) is 5.44. The number of carbonyl (C=O) groups is 1. The van der Waals surface area contributed by atoms with E-state index < -0.39 is 24.1 Å². The van der Waals surface area contributed by atoms with Gasteiger partial charge in [-0.05, 0) is 18.2 Å². The minimum Gasteiger partial charge on any atom is -0.394 e. The molecule has 126 valence electrons. The molecule has 2 heterocycles. The molecule has 0 spiro atoms. The molecule has 8 nitrogen and oxygen atoms in total. The lowest BCUT2D eigenvalue weighted by molar-refractivity contribution is -0.0458. The fourth-order valence-electron chi connectivity index (χ4n) is 2.53. The highest BCUT2D eigenvalue weighted by Gasteiger charge is 2.34. The molecule has 0 saturated carbocycles. The zero-order valence-electron chi connectivity index (χ0n) is 12.7. The fraction of sp³-hybridized carbons (Fsp3) is 0.312. The van der Waals surface area contributed by atoms with E-state index in [9.17, 15) is 14.7 Å². The van der Waals surface area contributed by atoms with Gasteiger partial charge in [-0.15, -0.1) is 0 Å². The Morgan fingerprint density at radius 1 is 1.33 bits per heavy atom. The van der Waals surface area contributed by atoms with Crippen molar-refractivity contribution in [2.75, 3.05) is 11.9 Å². The van der Waals surface area contributed by atoms with Crippen molar-refractivity contribution in [2.24, 2.45) is 0 Å². The first-order valence-electron chi connectivity index (χ1n) is 7.48. The minimum absolute atomic E-state index is 0.127. The number of benzene rings is 1. The van der Waals surface area contributed by atoms with Crippen molar-refractivity contribution in [3.8, 4) is 0 Å². The Kier molecular flexibility index (Phi) is 4.70. The van der Waals surface area contributed by atoms with E-state index in [4.69, 9.17) is 9.84 Å². The number of aromatic nitrogens is 2. The van der Waals surface area contributed by atoms with Gasteiger partial charge >= 0.3 is 5.69 Å². The van der Waals surface area contributed by atoms with Gasteiger partial charge in [-0.25, -0.2) is 4.79 Å². The lowest BCUT2D eigenvalue weighted by atomic mass is 10.2. The van der Waals surface area contributed by atoms with Crippen molar-refractivity contribution in [2.45, 2.75) is 24.9 Å². The number of hydrogen-bond donors (Lipinski definition) is 3. The fourth-order valence-corrected chi connectivity index (χ4v) is 2.53. The first kappa shape index (κ1) is 16.3. The molecule has 1 saturated heterocycles. The number of hydrogen-bond acceptors (Lipinski definition) is 6. The predicted molar refractivity (Wildman–Crippen MR) is 84.5 cm³/mol. The number of ether oxygens (including phenoxy) is 1. The second-order valence-corrected chi connectivity index (χ2v) is 5.44. The summed E-state index contributed by atoms with van der Waals surface area (Å²) < 4.78 is 6.63. The highest BCUT2D eigenvalue weighted by atomic mass is 16.5. The van der Waals surface area contributed by atoms with E-state index in [1.54, 1.807) is 30.3 Å². The van der Waals surface area contributed by atoms with Crippen LogP contribution in [0, 0.1) is 0 Å². The summed E-state index contributed by atoms with van der Waals surface area (Å²) in [7, 11) is 0. The molecular formula is C16H17N3O5. The van der Waals surface area contributed by atoms with Crippen LogP contribution in [0.4, 0.5) is 5.82 Å². The second kappa shape index (κ2) is 6.91. The molecule has 2 aromatic rings. The number of amides is 1. The Morgan fingerprint density at radius 3 is 2.71 bits per heavy atom. The van der Waals surface area contributed by atoms with Crippen molar-refractivity contribution in [3.63, 3.8) is 0 Å². The van der Waals surface area contributed by atoms with Gasteiger partial charge in [0.15, 0.2) is 0 Å². The van der Waals surface area contributed by atoms with Crippen LogP contribution in [0.15, 0.2) is 47.4 Å². The van der Waals surface area contributed by atoms with Crippen molar-refractivity contribution in [1.29, 1.82) is 0 Å². The van der Waals surface area contributed by atoms with Gasteiger partial charge < -0.3 is 20.3 Å². The van der Waals surface area contributed by atoms with E-state index in [1.807, 2.05) is 0 Å². The van der Waals surface area contributed by atoms with Gasteiger partial charge in [-0.1, -0.05) is 18.2 Å². The third-order valence-corrected chi connectivity index (χ3v) is 3.80. The first-order chi connectivity index (χ1) is 11.6. The number of aliphatic hydroxyl groups excluding tert-OH is 2.